The minimum absolute atomic E-state index is 0.736. The van der Waals surface area contributed by atoms with Crippen molar-refractivity contribution in [1.82, 2.24) is 5.16 Å². The third kappa shape index (κ3) is 3.28. The number of rotatable bonds is 2. The Hall–Kier alpha value is -3.20. The summed E-state index contributed by atoms with van der Waals surface area (Å²) in [6.45, 7) is 8.43. The van der Waals surface area contributed by atoms with E-state index in [9.17, 15) is 0 Å². The number of hydrogen-bond donors (Lipinski definition) is 0. The molecule has 0 bridgehead atoms. The first-order valence-corrected chi connectivity index (χ1v) is 9.11. The third-order valence-electron chi connectivity index (χ3n) is 4.78. The van der Waals surface area contributed by atoms with E-state index in [1.54, 1.807) is 0 Å². The first-order valence-electron chi connectivity index (χ1n) is 9.11. The van der Waals surface area contributed by atoms with Crippen LogP contribution in [0.15, 0.2) is 70.2 Å². The zero-order valence-electron chi connectivity index (χ0n) is 16.1. The Bertz CT molecular complexity index is 1180. The number of aromatic nitrogens is 1. The standard InChI is InChI=1S/C24H22N2O/c1-15-9-11-19(12-10-15)25-20-7-5-6-8-21-23(20)24(26-27-21)22-17(3)13-16(2)14-18(22)4/h5-14H,1-4H3. The van der Waals surface area contributed by atoms with E-state index < -0.39 is 0 Å². The SMILES string of the molecule is Cc1ccc(N=c2ccccc3onc(-c4c(C)cc(C)cc4C)c23)cc1. The van der Waals surface area contributed by atoms with Gasteiger partial charge in [0.2, 0.25) is 0 Å². The molecule has 0 saturated carbocycles. The summed E-state index contributed by atoms with van der Waals surface area (Å²) in [5, 5.41) is 6.22. The van der Waals surface area contributed by atoms with Crippen molar-refractivity contribution in [2.45, 2.75) is 27.7 Å². The Morgan fingerprint density at radius 2 is 1.44 bits per heavy atom. The monoisotopic (exact) mass is 354 g/mol. The molecule has 3 heteroatoms. The van der Waals surface area contributed by atoms with Gasteiger partial charge in [-0.15, -0.1) is 0 Å². The second kappa shape index (κ2) is 6.84. The topological polar surface area (TPSA) is 38.4 Å². The van der Waals surface area contributed by atoms with Crippen LogP contribution in [0.5, 0.6) is 0 Å². The fraction of sp³-hybridized carbons (Fsp3) is 0.167. The predicted molar refractivity (Wildman–Crippen MR) is 110 cm³/mol. The first-order chi connectivity index (χ1) is 13.0. The van der Waals surface area contributed by atoms with Crippen LogP contribution in [0.1, 0.15) is 22.3 Å². The van der Waals surface area contributed by atoms with Gasteiger partial charge in [-0.2, -0.15) is 0 Å². The first kappa shape index (κ1) is 17.2. The van der Waals surface area contributed by atoms with Crippen molar-refractivity contribution in [2.24, 2.45) is 4.99 Å². The second-order valence-corrected chi connectivity index (χ2v) is 7.09. The Balaban J connectivity index is 2.06. The molecule has 4 aromatic rings. The summed E-state index contributed by atoms with van der Waals surface area (Å²) in [6, 6.07) is 20.5. The van der Waals surface area contributed by atoms with Crippen molar-refractivity contribution in [3.8, 4) is 11.3 Å². The van der Waals surface area contributed by atoms with Gasteiger partial charge in [0.05, 0.1) is 16.4 Å². The molecule has 0 aliphatic carbocycles. The van der Waals surface area contributed by atoms with Crippen molar-refractivity contribution in [2.75, 3.05) is 0 Å². The molecule has 3 aromatic carbocycles. The lowest BCUT2D eigenvalue weighted by Crippen LogP contribution is -2.00. The summed E-state index contributed by atoms with van der Waals surface area (Å²) < 4.78 is 5.69. The highest BCUT2D eigenvalue weighted by molar-refractivity contribution is 5.92. The van der Waals surface area contributed by atoms with E-state index in [-0.39, 0.29) is 0 Å². The Labute approximate surface area is 159 Å². The van der Waals surface area contributed by atoms with Crippen LogP contribution in [0.3, 0.4) is 0 Å². The quantitative estimate of drug-likeness (QED) is 0.445. The van der Waals surface area contributed by atoms with Crippen LogP contribution in [0, 0.1) is 27.7 Å². The molecule has 0 unspecified atom stereocenters. The van der Waals surface area contributed by atoms with Gasteiger partial charge in [-0.3, -0.25) is 0 Å². The van der Waals surface area contributed by atoms with Crippen LogP contribution < -0.4 is 5.36 Å². The molecule has 0 aliphatic rings. The summed E-state index contributed by atoms with van der Waals surface area (Å²) in [6.07, 6.45) is 0. The van der Waals surface area contributed by atoms with E-state index in [1.807, 2.05) is 36.4 Å². The highest BCUT2D eigenvalue weighted by Gasteiger charge is 2.16. The third-order valence-corrected chi connectivity index (χ3v) is 4.78. The van der Waals surface area contributed by atoms with Gasteiger partial charge in [0.15, 0.2) is 5.58 Å². The number of fused-ring (bicyclic) bond motifs is 1. The van der Waals surface area contributed by atoms with Crippen molar-refractivity contribution >= 4 is 16.7 Å². The fourth-order valence-corrected chi connectivity index (χ4v) is 3.61. The van der Waals surface area contributed by atoms with E-state index in [2.05, 4.69) is 57.1 Å². The van der Waals surface area contributed by atoms with Crippen LogP contribution in [-0.4, -0.2) is 5.16 Å². The second-order valence-electron chi connectivity index (χ2n) is 7.09. The van der Waals surface area contributed by atoms with Crippen molar-refractivity contribution in [3.05, 3.63) is 88.3 Å². The molecule has 0 N–H and O–H groups in total. The Kier molecular flexibility index (Phi) is 4.36. The molecule has 134 valence electrons. The van der Waals surface area contributed by atoms with Crippen LogP contribution in [-0.2, 0) is 0 Å². The summed E-state index contributed by atoms with van der Waals surface area (Å²) in [7, 11) is 0. The van der Waals surface area contributed by atoms with Gasteiger partial charge in [0.25, 0.3) is 0 Å². The van der Waals surface area contributed by atoms with E-state index in [0.717, 1.165) is 33.3 Å². The van der Waals surface area contributed by atoms with Crippen LogP contribution >= 0.6 is 0 Å². The van der Waals surface area contributed by atoms with Gasteiger partial charge in [0.1, 0.15) is 5.69 Å². The normalized spacial score (nSPS) is 11.9. The maximum Gasteiger partial charge on any atom is 0.169 e. The average molecular weight is 354 g/mol. The van der Waals surface area contributed by atoms with Gasteiger partial charge >= 0.3 is 0 Å². The molecule has 0 radical (unpaired) electrons. The summed E-state index contributed by atoms with van der Waals surface area (Å²) in [4.78, 5) is 4.89. The van der Waals surface area contributed by atoms with Crippen molar-refractivity contribution < 1.29 is 4.52 Å². The molecule has 0 spiro atoms. The lowest BCUT2D eigenvalue weighted by atomic mass is 9.96. The highest BCUT2D eigenvalue weighted by Crippen LogP contribution is 2.31. The van der Waals surface area contributed by atoms with Crippen molar-refractivity contribution in [3.63, 3.8) is 0 Å². The molecule has 27 heavy (non-hydrogen) atoms. The minimum Gasteiger partial charge on any atom is -0.356 e. The molecular formula is C24H22N2O. The molecule has 0 atom stereocenters. The van der Waals surface area contributed by atoms with Gasteiger partial charge in [-0.1, -0.05) is 52.7 Å². The van der Waals surface area contributed by atoms with Gasteiger partial charge < -0.3 is 4.52 Å². The lowest BCUT2D eigenvalue weighted by Gasteiger charge is -2.08. The molecule has 0 amide bonds. The molecule has 1 heterocycles. The number of hydrogen-bond acceptors (Lipinski definition) is 3. The van der Waals surface area contributed by atoms with Crippen LogP contribution in [0.2, 0.25) is 0 Å². The van der Waals surface area contributed by atoms with Gasteiger partial charge in [-0.05, 0) is 63.1 Å². The number of benzene rings is 2. The molecule has 0 saturated heterocycles. The summed E-state index contributed by atoms with van der Waals surface area (Å²) >= 11 is 0. The van der Waals surface area contributed by atoms with Gasteiger partial charge in [-0.25, -0.2) is 4.99 Å². The van der Waals surface area contributed by atoms with E-state index in [4.69, 9.17) is 9.52 Å². The molecular weight excluding hydrogens is 332 g/mol. The molecule has 0 fully saturated rings. The minimum atomic E-state index is 0.736. The van der Waals surface area contributed by atoms with Gasteiger partial charge in [0, 0.05) is 5.56 Å². The lowest BCUT2D eigenvalue weighted by molar-refractivity contribution is 0.459. The fourth-order valence-electron chi connectivity index (χ4n) is 3.61. The molecule has 3 nitrogen and oxygen atoms in total. The Morgan fingerprint density at radius 3 is 2.15 bits per heavy atom. The largest absolute Gasteiger partial charge is 0.356 e. The van der Waals surface area contributed by atoms with E-state index in [0.29, 0.717) is 0 Å². The summed E-state index contributed by atoms with van der Waals surface area (Å²) in [5.41, 5.74) is 8.46. The summed E-state index contributed by atoms with van der Waals surface area (Å²) in [5.74, 6) is 0. The van der Waals surface area contributed by atoms with E-state index >= 15 is 0 Å². The zero-order valence-corrected chi connectivity index (χ0v) is 16.1. The maximum atomic E-state index is 5.69. The molecule has 0 aliphatic heterocycles. The molecule has 1 aromatic heterocycles. The maximum absolute atomic E-state index is 5.69. The smallest absolute Gasteiger partial charge is 0.169 e. The molecule has 4 rings (SSSR count). The number of aryl methyl sites for hydroxylation is 4. The predicted octanol–water partition coefficient (Wildman–Crippen LogP) is 5.96. The zero-order chi connectivity index (χ0) is 19.0. The van der Waals surface area contributed by atoms with E-state index in [1.165, 1.54) is 22.3 Å². The highest BCUT2D eigenvalue weighted by atomic mass is 16.5. The number of nitrogens with zero attached hydrogens (tertiary/aromatic N) is 2. The average Bonchev–Trinajstić information content (AvgIpc) is 2.91. The van der Waals surface area contributed by atoms with Crippen LogP contribution in [0.4, 0.5) is 5.69 Å². The van der Waals surface area contributed by atoms with Crippen LogP contribution in [0.25, 0.3) is 22.2 Å². The Morgan fingerprint density at radius 1 is 0.778 bits per heavy atom. The van der Waals surface area contributed by atoms with Crippen molar-refractivity contribution in [1.29, 1.82) is 0 Å².